The minimum atomic E-state index is -0.697. The average Bonchev–Trinajstić information content (AvgIpc) is 3.57. The summed E-state index contributed by atoms with van der Waals surface area (Å²) in [6, 6.07) is 6.02. The van der Waals surface area contributed by atoms with Crippen molar-refractivity contribution in [2.75, 3.05) is 0 Å². The molecule has 4 heterocycles. The van der Waals surface area contributed by atoms with Gasteiger partial charge in [0.05, 0.1) is 44.4 Å². The molecule has 0 aliphatic carbocycles. The fourth-order valence-corrected chi connectivity index (χ4v) is 10.5. The van der Waals surface area contributed by atoms with Gasteiger partial charge in [-0.1, -0.05) is 0 Å². The van der Waals surface area contributed by atoms with Gasteiger partial charge in [-0.15, -0.1) is 0 Å². The maximum absolute atomic E-state index is 14.6. The van der Waals surface area contributed by atoms with E-state index in [1.807, 2.05) is 55.4 Å². The highest BCUT2D eigenvalue weighted by molar-refractivity contribution is 6.15. The number of benzene rings is 2. The summed E-state index contributed by atoms with van der Waals surface area (Å²) in [6.07, 6.45) is 0.238. The van der Waals surface area contributed by atoms with Crippen LogP contribution in [-0.4, -0.2) is 92.6 Å². The Labute approximate surface area is 345 Å². The second-order valence-corrected chi connectivity index (χ2v) is 22.5. The van der Waals surface area contributed by atoms with Crippen molar-refractivity contribution >= 4 is 34.6 Å². The zero-order chi connectivity index (χ0) is 43.4. The molecule has 4 atom stereocenters. The predicted molar refractivity (Wildman–Crippen MR) is 224 cm³/mol. The Kier molecular flexibility index (Phi) is 10.6. The standard InChI is InChI=1S/C46H68N4O8/c1-39(2)21-31(43(9,10)47-39)55-35(51)25-17-27-28(29(19-25)37(53)57-33-23-41(5,6)49-45(33,13)14)18-26(36(52)56-32-22-40(3,4)48-44(32,11)12)20-30(27)38(54)58-34-24-42(7,8)50-46(34,15)16/h17-20,31-34,47-50H,21-24H2,1-16H3. The second kappa shape index (κ2) is 14.0. The Morgan fingerprint density at radius 3 is 0.828 bits per heavy atom. The summed E-state index contributed by atoms with van der Waals surface area (Å²) in [5.41, 5.74) is -3.16. The van der Waals surface area contributed by atoms with Crippen molar-refractivity contribution in [1.29, 1.82) is 0 Å². The van der Waals surface area contributed by atoms with E-state index in [1.165, 1.54) is 12.1 Å². The summed E-state index contributed by atoms with van der Waals surface area (Å²) < 4.78 is 25.0. The predicted octanol–water partition coefficient (Wildman–Crippen LogP) is 7.14. The molecule has 4 unspecified atom stereocenters. The average molecular weight is 805 g/mol. The lowest BCUT2D eigenvalue weighted by atomic mass is 9.93. The SMILES string of the molecule is CC1(C)CC(OC(=O)c2cc(C(=O)OC3CC(C)(C)NC3(C)C)c3cc(C(=O)OC4CC(C)(C)NC4(C)C)cc(C(=O)OC4CC(C)(C)NC4(C)C)c3c2)C(C)(C)N1. The van der Waals surface area contributed by atoms with Crippen LogP contribution in [0.3, 0.4) is 0 Å². The molecular weight excluding hydrogens is 737 g/mol. The molecule has 12 heteroatoms. The topological polar surface area (TPSA) is 153 Å². The molecule has 0 bridgehead atoms. The summed E-state index contributed by atoms with van der Waals surface area (Å²) >= 11 is 0. The van der Waals surface area contributed by atoms with E-state index < -0.39 is 70.4 Å². The first kappa shape index (κ1) is 44.0. The second-order valence-electron chi connectivity index (χ2n) is 22.5. The third-order valence-electron chi connectivity index (χ3n) is 12.6. The minimum Gasteiger partial charge on any atom is -0.457 e. The number of hydrogen-bond donors (Lipinski definition) is 4. The molecule has 6 rings (SSSR count). The Hall–Kier alpha value is -3.58. The van der Waals surface area contributed by atoms with E-state index in [2.05, 4.69) is 76.7 Å². The highest BCUT2D eigenvalue weighted by Gasteiger charge is 2.50. The first-order chi connectivity index (χ1) is 26.2. The van der Waals surface area contributed by atoms with Gasteiger partial charge in [-0.3, -0.25) is 0 Å². The van der Waals surface area contributed by atoms with Crippen LogP contribution in [0.25, 0.3) is 10.8 Å². The molecule has 58 heavy (non-hydrogen) atoms. The quantitative estimate of drug-likeness (QED) is 0.159. The summed E-state index contributed by atoms with van der Waals surface area (Å²) in [6.45, 7) is 32.3. The Balaban J connectivity index is 1.50. The number of fused-ring (bicyclic) bond motifs is 1. The van der Waals surface area contributed by atoms with Gasteiger partial charge in [0.15, 0.2) is 0 Å². The van der Waals surface area contributed by atoms with Crippen LogP contribution in [0.1, 0.15) is 178 Å². The third kappa shape index (κ3) is 8.95. The summed E-state index contributed by atoms with van der Waals surface area (Å²) in [5, 5.41) is 14.7. The summed E-state index contributed by atoms with van der Waals surface area (Å²) in [4.78, 5) is 57.7. The number of nitrogens with one attached hydrogen (secondary N) is 4. The van der Waals surface area contributed by atoms with Crippen molar-refractivity contribution in [2.24, 2.45) is 0 Å². The molecule has 0 radical (unpaired) electrons. The van der Waals surface area contributed by atoms with Crippen LogP contribution in [0.4, 0.5) is 0 Å². The zero-order valence-corrected chi connectivity index (χ0v) is 37.7. The number of ether oxygens (including phenoxy) is 4. The van der Waals surface area contributed by atoms with Gasteiger partial charge in [0, 0.05) is 47.8 Å². The molecule has 4 saturated heterocycles. The van der Waals surface area contributed by atoms with E-state index >= 15 is 0 Å². The molecule has 2 aromatic rings. The minimum absolute atomic E-state index is 0.0192. The molecule has 0 spiro atoms. The van der Waals surface area contributed by atoms with Crippen molar-refractivity contribution in [2.45, 2.75) is 205 Å². The lowest BCUT2D eigenvalue weighted by molar-refractivity contribution is 0.0153. The summed E-state index contributed by atoms with van der Waals surface area (Å²) in [7, 11) is 0. The molecular formula is C46H68N4O8. The first-order valence-electron chi connectivity index (χ1n) is 20.8. The van der Waals surface area contributed by atoms with E-state index in [0.717, 1.165) is 0 Å². The maximum atomic E-state index is 14.6. The molecule has 4 fully saturated rings. The van der Waals surface area contributed by atoms with Crippen LogP contribution in [0.2, 0.25) is 0 Å². The van der Waals surface area contributed by atoms with Crippen molar-refractivity contribution in [3.05, 3.63) is 46.5 Å². The number of carbonyl (C=O) groups is 4. The molecule has 0 amide bonds. The van der Waals surface area contributed by atoms with Gasteiger partial charge in [0.25, 0.3) is 0 Å². The van der Waals surface area contributed by atoms with Gasteiger partial charge in [0.2, 0.25) is 0 Å². The highest BCUT2D eigenvalue weighted by atomic mass is 16.6. The van der Waals surface area contributed by atoms with E-state index in [1.54, 1.807) is 12.1 Å². The Morgan fingerprint density at radius 1 is 0.397 bits per heavy atom. The van der Waals surface area contributed by atoms with Crippen molar-refractivity contribution in [3.63, 3.8) is 0 Å². The van der Waals surface area contributed by atoms with Crippen LogP contribution >= 0.6 is 0 Å². The van der Waals surface area contributed by atoms with Gasteiger partial charge in [0.1, 0.15) is 24.4 Å². The van der Waals surface area contributed by atoms with Crippen LogP contribution in [-0.2, 0) is 18.9 Å². The van der Waals surface area contributed by atoms with E-state index in [4.69, 9.17) is 18.9 Å². The largest absolute Gasteiger partial charge is 0.457 e. The van der Waals surface area contributed by atoms with Crippen LogP contribution in [0.5, 0.6) is 0 Å². The van der Waals surface area contributed by atoms with Crippen LogP contribution in [0, 0.1) is 0 Å². The van der Waals surface area contributed by atoms with Gasteiger partial charge in [-0.05, 0) is 146 Å². The lowest BCUT2D eigenvalue weighted by Crippen LogP contribution is -2.47. The van der Waals surface area contributed by atoms with Crippen LogP contribution < -0.4 is 21.3 Å². The van der Waals surface area contributed by atoms with E-state index in [9.17, 15) is 19.2 Å². The van der Waals surface area contributed by atoms with Crippen molar-refractivity contribution < 1.29 is 38.1 Å². The Morgan fingerprint density at radius 2 is 0.621 bits per heavy atom. The Bertz CT molecular complexity index is 1880. The lowest BCUT2D eigenvalue weighted by Gasteiger charge is -2.29. The molecule has 4 aliphatic heterocycles. The van der Waals surface area contributed by atoms with Gasteiger partial charge < -0.3 is 40.2 Å². The highest BCUT2D eigenvalue weighted by Crippen LogP contribution is 2.39. The normalized spacial score (nSPS) is 29.2. The van der Waals surface area contributed by atoms with Crippen LogP contribution in [0.15, 0.2) is 24.3 Å². The van der Waals surface area contributed by atoms with Gasteiger partial charge in [-0.2, -0.15) is 0 Å². The van der Waals surface area contributed by atoms with Gasteiger partial charge in [-0.25, -0.2) is 19.2 Å². The smallest absolute Gasteiger partial charge is 0.339 e. The first-order valence-corrected chi connectivity index (χ1v) is 20.8. The number of hydrogen-bond acceptors (Lipinski definition) is 12. The monoisotopic (exact) mass is 805 g/mol. The molecule has 0 aromatic heterocycles. The molecule has 4 N–H and O–H groups in total. The van der Waals surface area contributed by atoms with E-state index in [0.29, 0.717) is 25.7 Å². The molecule has 4 aliphatic rings. The molecule has 2 aromatic carbocycles. The number of carbonyl (C=O) groups excluding carboxylic acids is 4. The van der Waals surface area contributed by atoms with E-state index in [-0.39, 0.29) is 55.2 Å². The molecule has 320 valence electrons. The fraction of sp³-hybridized carbons (Fsp3) is 0.696. The zero-order valence-electron chi connectivity index (χ0n) is 37.7. The third-order valence-corrected chi connectivity index (χ3v) is 12.6. The summed E-state index contributed by atoms with van der Waals surface area (Å²) in [5.74, 6) is -2.70. The molecule has 0 saturated carbocycles. The van der Waals surface area contributed by atoms with Crippen molar-refractivity contribution in [1.82, 2.24) is 21.3 Å². The number of esters is 4. The number of rotatable bonds is 8. The maximum Gasteiger partial charge on any atom is 0.339 e. The van der Waals surface area contributed by atoms with Gasteiger partial charge >= 0.3 is 23.9 Å². The fourth-order valence-electron chi connectivity index (χ4n) is 10.5. The molecule has 12 nitrogen and oxygen atoms in total. The van der Waals surface area contributed by atoms with Crippen molar-refractivity contribution in [3.8, 4) is 0 Å².